The van der Waals surface area contributed by atoms with Crippen molar-refractivity contribution in [3.63, 3.8) is 0 Å². The maximum atomic E-state index is 11.9. The lowest BCUT2D eigenvalue weighted by molar-refractivity contribution is -0.120. The van der Waals surface area contributed by atoms with E-state index in [0.717, 1.165) is 17.7 Å². The van der Waals surface area contributed by atoms with Gasteiger partial charge in [-0.25, -0.2) is 0 Å². The zero-order valence-corrected chi connectivity index (χ0v) is 11.7. The fourth-order valence-corrected chi connectivity index (χ4v) is 2.38. The Labute approximate surface area is 123 Å². The number of nitrogens with one attached hydrogen (secondary N) is 1. The van der Waals surface area contributed by atoms with Crippen molar-refractivity contribution in [3.05, 3.63) is 72.2 Å². The zero-order chi connectivity index (χ0) is 14.5. The molecule has 1 aromatic heterocycles. The monoisotopic (exact) mass is 279 g/mol. The number of amides is 1. The second kappa shape index (κ2) is 6.27. The van der Waals surface area contributed by atoms with Crippen LogP contribution in [0.1, 0.15) is 11.3 Å². The Kier molecular flexibility index (Phi) is 4.01. The van der Waals surface area contributed by atoms with Crippen molar-refractivity contribution in [1.29, 1.82) is 0 Å². The van der Waals surface area contributed by atoms with Gasteiger partial charge in [-0.15, -0.1) is 0 Å². The van der Waals surface area contributed by atoms with Gasteiger partial charge in [0.15, 0.2) is 0 Å². The van der Waals surface area contributed by atoms with E-state index in [0.29, 0.717) is 13.0 Å². The van der Waals surface area contributed by atoms with Crippen molar-refractivity contribution in [2.24, 2.45) is 0 Å². The van der Waals surface area contributed by atoms with Crippen molar-refractivity contribution in [2.45, 2.75) is 12.8 Å². The van der Waals surface area contributed by atoms with Crippen molar-refractivity contribution < 1.29 is 9.21 Å². The standard InChI is InChI=1S/C18H17NO2/c20-18(19-10-9-17-6-3-11-21-17)13-14-7-8-15-4-1-2-5-16(15)12-14/h1-8,11-12H,9-10,13H2,(H,19,20). The van der Waals surface area contributed by atoms with Crippen molar-refractivity contribution in [3.8, 4) is 0 Å². The van der Waals surface area contributed by atoms with Crippen LogP contribution >= 0.6 is 0 Å². The smallest absolute Gasteiger partial charge is 0.224 e. The lowest BCUT2D eigenvalue weighted by Gasteiger charge is -2.05. The molecule has 0 spiro atoms. The molecule has 3 rings (SSSR count). The molecular formula is C18H17NO2. The van der Waals surface area contributed by atoms with Gasteiger partial charge in [0.2, 0.25) is 5.91 Å². The third kappa shape index (κ3) is 3.51. The molecule has 0 aliphatic rings. The summed E-state index contributed by atoms with van der Waals surface area (Å²) in [6, 6.07) is 18.1. The second-order valence-corrected chi connectivity index (χ2v) is 5.04. The Morgan fingerprint density at radius 2 is 1.86 bits per heavy atom. The molecule has 1 amide bonds. The van der Waals surface area contributed by atoms with Crippen LogP contribution in [0.2, 0.25) is 0 Å². The number of rotatable bonds is 5. The predicted molar refractivity (Wildman–Crippen MR) is 83.1 cm³/mol. The van der Waals surface area contributed by atoms with Crippen LogP contribution in [0, 0.1) is 0 Å². The highest BCUT2D eigenvalue weighted by Crippen LogP contribution is 2.15. The Bertz CT molecular complexity index is 732. The van der Waals surface area contributed by atoms with E-state index in [9.17, 15) is 4.79 Å². The van der Waals surface area contributed by atoms with Crippen molar-refractivity contribution in [1.82, 2.24) is 5.32 Å². The molecule has 1 N–H and O–H groups in total. The van der Waals surface area contributed by atoms with Crippen LogP contribution < -0.4 is 5.32 Å². The van der Waals surface area contributed by atoms with Crippen LogP contribution in [0.25, 0.3) is 10.8 Å². The molecule has 0 radical (unpaired) electrons. The van der Waals surface area contributed by atoms with Gasteiger partial charge in [-0.1, -0.05) is 42.5 Å². The van der Waals surface area contributed by atoms with E-state index in [1.54, 1.807) is 6.26 Å². The van der Waals surface area contributed by atoms with Crippen molar-refractivity contribution in [2.75, 3.05) is 6.54 Å². The Balaban J connectivity index is 1.55. The highest BCUT2D eigenvalue weighted by Gasteiger charge is 2.04. The number of carbonyl (C=O) groups excluding carboxylic acids is 1. The van der Waals surface area contributed by atoms with E-state index in [4.69, 9.17) is 4.42 Å². The summed E-state index contributed by atoms with van der Waals surface area (Å²) in [5.41, 5.74) is 1.03. The van der Waals surface area contributed by atoms with Crippen LogP contribution in [-0.4, -0.2) is 12.5 Å². The zero-order valence-electron chi connectivity index (χ0n) is 11.7. The molecule has 0 bridgehead atoms. The van der Waals surface area contributed by atoms with Crippen LogP contribution in [0.3, 0.4) is 0 Å². The molecule has 0 aliphatic heterocycles. The SMILES string of the molecule is O=C(Cc1ccc2ccccc2c1)NCCc1ccco1. The summed E-state index contributed by atoms with van der Waals surface area (Å²) in [5.74, 6) is 0.929. The summed E-state index contributed by atoms with van der Waals surface area (Å²) in [5, 5.41) is 5.28. The summed E-state index contributed by atoms with van der Waals surface area (Å²) in [7, 11) is 0. The molecule has 0 unspecified atom stereocenters. The first-order valence-corrected chi connectivity index (χ1v) is 7.08. The van der Waals surface area contributed by atoms with E-state index in [2.05, 4.69) is 29.6 Å². The lowest BCUT2D eigenvalue weighted by Crippen LogP contribution is -2.27. The van der Waals surface area contributed by atoms with E-state index in [1.165, 1.54) is 10.8 Å². The Hall–Kier alpha value is -2.55. The third-order valence-electron chi connectivity index (χ3n) is 3.45. The number of hydrogen-bond acceptors (Lipinski definition) is 2. The summed E-state index contributed by atoms with van der Waals surface area (Å²) in [6.45, 7) is 0.597. The van der Waals surface area contributed by atoms with E-state index < -0.39 is 0 Å². The molecular weight excluding hydrogens is 262 g/mol. The molecule has 2 aromatic carbocycles. The molecule has 0 saturated heterocycles. The van der Waals surface area contributed by atoms with Gasteiger partial charge in [-0.05, 0) is 28.5 Å². The number of furan rings is 1. The molecule has 0 saturated carbocycles. The van der Waals surface area contributed by atoms with Gasteiger partial charge in [0.1, 0.15) is 5.76 Å². The van der Waals surface area contributed by atoms with Gasteiger partial charge in [-0.3, -0.25) is 4.79 Å². The van der Waals surface area contributed by atoms with Crippen LogP contribution in [0.15, 0.2) is 65.3 Å². The highest BCUT2D eigenvalue weighted by atomic mass is 16.3. The summed E-state index contributed by atoms with van der Waals surface area (Å²) in [6.07, 6.45) is 2.77. The molecule has 0 aliphatic carbocycles. The maximum absolute atomic E-state index is 11.9. The second-order valence-electron chi connectivity index (χ2n) is 5.04. The fourth-order valence-electron chi connectivity index (χ4n) is 2.38. The average molecular weight is 279 g/mol. The molecule has 3 aromatic rings. The van der Waals surface area contributed by atoms with Gasteiger partial charge >= 0.3 is 0 Å². The molecule has 21 heavy (non-hydrogen) atoms. The minimum absolute atomic E-state index is 0.0387. The minimum Gasteiger partial charge on any atom is -0.469 e. The number of hydrogen-bond donors (Lipinski definition) is 1. The van der Waals surface area contributed by atoms with E-state index in [1.807, 2.05) is 30.3 Å². The van der Waals surface area contributed by atoms with Crippen LogP contribution in [0.4, 0.5) is 0 Å². The molecule has 3 heteroatoms. The molecule has 3 nitrogen and oxygen atoms in total. The summed E-state index contributed by atoms with van der Waals surface area (Å²) >= 11 is 0. The average Bonchev–Trinajstić information content (AvgIpc) is 3.00. The Morgan fingerprint density at radius 3 is 2.67 bits per heavy atom. The normalized spacial score (nSPS) is 10.7. The molecule has 106 valence electrons. The van der Waals surface area contributed by atoms with Gasteiger partial charge in [0.25, 0.3) is 0 Å². The van der Waals surface area contributed by atoms with E-state index >= 15 is 0 Å². The van der Waals surface area contributed by atoms with Crippen LogP contribution in [0.5, 0.6) is 0 Å². The van der Waals surface area contributed by atoms with E-state index in [-0.39, 0.29) is 5.91 Å². The van der Waals surface area contributed by atoms with Gasteiger partial charge in [0.05, 0.1) is 12.7 Å². The van der Waals surface area contributed by atoms with Gasteiger partial charge in [0, 0.05) is 13.0 Å². The Morgan fingerprint density at radius 1 is 1.00 bits per heavy atom. The third-order valence-corrected chi connectivity index (χ3v) is 3.45. The largest absolute Gasteiger partial charge is 0.469 e. The van der Waals surface area contributed by atoms with Gasteiger partial charge < -0.3 is 9.73 Å². The summed E-state index contributed by atoms with van der Waals surface area (Å²) in [4.78, 5) is 11.9. The first-order chi connectivity index (χ1) is 10.3. The van der Waals surface area contributed by atoms with Crippen molar-refractivity contribution >= 4 is 16.7 Å². The lowest BCUT2D eigenvalue weighted by atomic mass is 10.0. The topological polar surface area (TPSA) is 42.2 Å². The number of fused-ring (bicyclic) bond motifs is 1. The van der Waals surface area contributed by atoms with Crippen LogP contribution in [-0.2, 0) is 17.6 Å². The number of carbonyl (C=O) groups is 1. The quantitative estimate of drug-likeness (QED) is 0.778. The first-order valence-electron chi connectivity index (χ1n) is 7.08. The minimum atomic E-state index is 0.0387. The molecule has 0 atom stereocenters. The highest BCUT2D eigenvalue weighted by molar-refractivity contribution is 5.85. The first kappa shape index (κ1) is 13.4. The molecule has 0 fully saturated rings. The maximum Gasteiger partial charge on any atom is 0.224 e. The predicted octanol–water partition coefficient (Wildman–Crippen LogP) is 3.33. The summed E-state index contributed by atoms with van der Waals surface area (Å²) < 4.78 is 5.23. The number of benzene rings is 2. The van der Waals surface area contributed by atoms with Gasteiger partial charge in [-0.2, -0.15) is 0 Å². The fraction of sp³-hybridized carbons (Fsp3) is 0.167. The molecule has 1 heterocycles.